The Morgan fingerprint density at radius 3 is 2.46 bits per heavy atom. The van der Waals surface area contributed by atoms with E-state index in [1.54, 1.807) is 12.3 Å². The fourth-order valence-corrected chi connectivity index (χ4v) is 2.97. The molecule has 0 unspecified atom stereocenters. The fraction of sp³-hybridized carbons (Fsp3) is 0.444. The van der Waals surface area contributed by atoms with Crippen molar-refractivity contribution in [2.45, 2.75) is 12.7 Å². The lowest BCUT2D eigenvalue weighted by Gasteiger charge is -2.35. The van der Waals surface area contributed by atoms with Crippen molar-refractivity contribution >= 4 is 11.8 Å². The number of nitrogens with zero attached hydrogens (tertiary/aromatic N) is 5. The number of hydrogen-bond acceptors (Lipinski definition) is 5. The lowest BCUT2D eigenvalue weighted by atomic mass is 10.1. The van der Waals surface area contributed by atoms with Gasteiger partial charge in [0.15, 0.2) is 0 Å². The molecule has 26 heavy (non-hydrogen) atoms. The van der Waals surface area contributed by atoms with Gasteiger partial charge in [-0.15, -0.1) is 0 Å². The van der Waals surface area contributed by atoms with Gasteiger partial charge in [-0.05, 0) is 17.7 Å². The summed E-state index contributed by atoms with van der Waals surface area (Å²) in [6.45, 7) is 3.63. The molecule has 1 saturated heterocycles. The summed E-state index contributed by atoms with van der Waals surface area (Å²) in [4.78, 5) is 15.0. The Bertz CT molecular complexity index is 740. The molecule has 8 heteroatoms. The molecule has 140 valence electrons. The van der Waals surface area contributed by atoms with Crippen LogP contribution in [0.4, 0.5) is 24.9 Å². The summed E-state index contributed by atoms with van der Waals surface area (Å²) >= 11 is 0. The Hall–Kier alpha value is -2.35. The maximum Gasteiger partial charge on any atom is 0.416 e. The maximum atomic E-state index is 12.8. The molecule has 2 aromatic rings. The number of alkyl halides is 3. The maximum absolute atomic E-state index is 12.8. The van der Waals surface area contributed by atoms with Crippen molar-refractivity contribution in [2.24, 2.45) is 0 Å². The summed E-state index contributed by atoms with van der Waals surface area (Å²) < 4.78 is 38.5. The largest absolute Gasteiger partial charge is 0.416 e. The van der Waals surface area contributed by atoms with Crippen LogP contribution in [0.1, 0.15) is 11.1 Å². The third-order valence-corrected chi connectivity index (χ3v) is 4.38. The molecule has 0 N–H and O–H groups in total. The molecule has 3 rings (SSSR count). The van der Waals surface area contributed by atoms with E-state index in [0.29, 0.717) is 18.1 Å². The Morgan fingerprint density at radius 2 is 1.81 bits per heavy atom. The molecule has 0 saturated carbocycles. The third-order valence-electron chi connectivity index (χ3n) is 4.38. The highest BCUT2D eigenvalue weighted by Crippen LogP contribution is 2.29. The van der Waals surface area contributed by atoms with Gasteiger partial charge >= 0.3 is 6.18 Å². The third kappa shape index (κ3) is 4.43. The Morgan fingerprint density at radius 1 is 1.08 bits per heavy atom. The minimum Gasteiger partial charge on any atom is -0.354 e. The average Bonchev–Trinajstić information content (AvgIpc) is 2.62. The molecule has 5 nitrogen and oxygen atoms in total. The predicted molar refractivity (Wildman–Crippen MR) is 95.3 cm³/mol. The first-order chi connectivity index (χ1) is 12.3. The number of aromatic nitrogens is 2. The number of piperazine rings is 1. The van der Waals surface area contributed by atoms with Gasteiger partial charge in [-0.2, -0.15) is 18.2 Å². The molecule has 1 aromatic heterocycles. The van der Waals surface area contributed by atoms with Gasteiger partial charge in [0, 0.05) is 53.0 Å². The summed E-state index contributed by atoms with van der Waals surface area (Å²) in [5, 5.41) is 0. The van der Waals surface area contributed by atoms with Crippen molar-refractivity contribution in [3.63, 3.8) is 0 Å². The fourth-order valence-electron chi connectivity index (χ4n) is 2.97. The van der Waals surface area contributed by atoms with Crippen LogP contribution in [0, 0.1) is 0 Å². The Labute approximate surface area is 151 Å². The molecule has 1 aromatic carbocycles. The van der Waals surface area contributed by atoms with Gasteiger partial charge in [-0.3, -0.25) is 4.90 Å². The molecule has 1 aliphatic rings. The summed E-state index contributed by atoms with van der Waals surface area (Å²) in [5.74, 6) is 1.54. The first-order valence-electron chi connectivity index (χ1n) is 8.47. The van der Waals surface area contributed by atoms with Crippen LogP contribution in [0.5, 0.6) is 0 Å². The number of rotatable bonds is 4. The molecule has 0 amide bonds. The number of hydrogen-bond donors (Lipinski definition) is 0. The van der Waals surface area contributed by atoms with E-state index >= 15 is 0 Å². The van der Waals surface area contributed by atoms with Gasteiger partial charge < -0.3 is 9.80 Å². The van der Waals surface area contributed by atoms with E-state index in [2.05, 4.69) is 19.8 Å². The highest BCUT2D eigenvalue weighted by molar-refractivity contribution is 5.43. The lowest BCUT2D eigenvalue weighted by Crippen LogP contribution is -2.46. The van der Waals surface area contributed by atoms with E-state index in [0.717, 1.165) is 38.1 Å². The highest BCUT2D eigenvalue weighted by Gasteiger charge is 2.30. The van der Waals surface area contributed by atoms with E-state index in [1.807, 2.05) is 25.1 Å². The molecule has 1 fully saturated rings. The van der Waals surface area contributed by atoms with E-state index in [-0.39, 0.29) is 0 Å². The number of halogens is 3. The highest BCUT2D eigenvalue weighted by atomic mass is 19.4. The van der Waals surface area contributed by atoms with Crippen LogP contribution in [0.15, 0.2) is 36.5 Å². The van der Waals surface area contributed by atoms with Crippen molar-refractivity contribution in [1.29, 1.82) is 0 Å². The van der Waals surface area contributed by atoms with Gasteiger partial charge in [0.1, 0.15) is 5.82 Å². The van der Waals surface area contributed by atoms with Crippen molar-refractivity contribution in [3.05, 3.63) is 47.7 Å². The van der Waals surface area contributed by atoms with Crippen LogP contribution < -0.4 is 9.80 Å². The van der Waals surface area contributed by atoms with Gasteiger partial charge in [0.2, 0.25) is 5.95 Å². The van der Waals surface area contributed by atoms with Crippen LogP contribution in [-0.2, 0) is 12.7 Å². The second kappa shape index (κ2) is 7.49. The summed E-state index contributed by atoms with van der Waals surface area (Å²) in [5.41, 5.74) is 0.0936. The molecule has 0 aliphatic carbocycles. The zero-order valence-electron chi connectivity index (χ0n) is 14.9. The number of benzene rings is 1. The van der Waals surface area contributed by atoms with Crippen molar-refractivity contribution in [1.82, 2.24) is 14.9 Å². The molecule has 2 heterocycles. The standard InChI is InChI=1S/C18H22F3N5/c1-24(2)17-22-7-6-16(23-17)26-10-8-25(9-11-26)13-14-4-3-5-15(12-14)18(19,20)21/h3-7,12H,8-11,13H2,1-2H3. The molecule has 0 radical (unpaired) electrons. The molecule has 0 atom stereocenters. The van der Waals surface area contributed by atoms with E-state index < -0.39 is 11.7 Å². The summed E-state index contributed by atoms with van der Waals surface area (Å²) in [6.07, 6.45) is -2.56. The van der Waals surface area contributed by atoms with Crippen molar-refractivity contribution < 1.29 is 13.2 Å². The molecule has 1 aliphatic heterocycles. The monoisotopic (exact) mass is 365 g/mol. The van der Waals surface area contributed by atoms with Crippen LogP contribution in [0.25, 0.3) is 0 Å². The van der Waals surface area contributed by atoms with Gasteiger partial charge in [-0.1, -0.05) is 18.2 Å². The summed E-state index contributed by atoms with van der Waals surface area (Å²) in [6, 6.07) is 7.45. The minimum absolute atomic E-state index is 0.518. The molecule has 0 spiro atoms. The quantitative estimate of drug-likeness (QED) is 0.833. The molecular formula is C18H22F3N5. The van der Waals surface area contributed by atoms with E-state index in [4.69, 9.17) is 0 Å². The minimum atomic E-state index is -4.30. The lowest BCUT2D eigenvalue weighted by molar-refractivity contribution is -0.137. The first-order valence-corrected chi connectivity index (χ1v) is 8.47. The second-order valence-electron chi connectivity index (χ2n) is 6.57. The zero-order chi connectivity index (χ0) is 18.7. The topological polar surface area (TPSA) is 35.5 Å². The van der Waals surface area contributed by atoms with Crippen molar-refractivity contribution in [2.75, 3.05) is 50.1 Å². The molecule has 0 bridgehead atoms. The van der Waals surface area contributed by atoms with Crippen LogP contribution >= 0.6 is 0 Å². The van der Waals surface area contributed by atoms with Gasteiger partial charge in [-0.25, -0.2) is 4.98 Å². The smallest absolute Gasteiger partial charge is 0.354 e. The first kappa shape index (κ1) is 18.4. The predicted octanol–water partition coefficient (Wildman–Crippen LogP) is 2.88. The van der Waals surface area contributed by atoms with E-state index in [1.165, 1.54) is 12.1 Å². The zero-order valence-corrected chi connectivity index (χ0v) is 14.9. The van der Waals surface area contributed by atoms with Gasteiger partial charge in [0.05, 0.1) is 5.56 Å². The second-order valence-corrected chi connectivity index (χ2v) is 6.57. The van der Waals surface area contributed by atoms with Crippen LogP contribution in [0.3, 0.4) is 0 Å². The van der Waals surface area contributed by atoms with Crippen molar-refractivity contribution in [3.8, 4) is 0 Å². The normalized spacial score (nSPS) is 16.0. The Balaban J connectivity index is 1.60. The molecular weight excluding hydrogens is 343 g/mol. The summed E-state index contributed by atoms with van der Waals surface area (Å²) in [7, 11) is 3.79. The Kier molecular flexibility index (Phi) is 5.31. The van der Waals surface area contributed by atoms with E-state index in [9.17, 15) is 13.2 Å². The van der Waals surface area contributed by atoms with Crippen LogP contribution in [-0.4, -0.2) is 55.1 Å². The van der Waals surface area contributed by atoms with Gasteiger partial charge in [0.25, 0.3) is 0 Å². The average molecular weight is 365 g/mol. The number of anilines is 2. The SMILES string of the molecule is CN(C)c1nccc(N2CCN(Cc3cccc(C(F)(F)F)c3)CC2)n1. The van der Waals surface area contributed by atoms with Crippen LogP contribution in [0.2, 0.25) is 0 Å².